The molecule has 0 atom stereocenters. The van der Waals surface area contributed by atoms with Gasteiger partial charge >= 0.3 is 12.3 Å². The number of carboxylic acid groups (broad SMARTS) is 1. The van der Waals surface area contributed by atoms with Crippen molar-refractivity contribution in [2.45, 2.75) is 6.36 Å². The Labute approximate surface area is 117 Å². The summed E-state index contributed by atoms with van der Waals surface area (Å²) >= 11 is 0. The monoisotopic (exact) mass is 298 g/mol. The van der Waals surface area contributed by atoms with E-state index in [0.29, 0.717) is 0 Å². The SMILES string of the molecule is O=C(O)c1ccc(Nc2ccccc2OC(F)(F)F)nc1. The van der Waals surface area contributed by atoms with E-state index >= 15 is 0 Å². The van der Waals surface area contributed by atoms with Crippen molar-refractivity contribution in [2.75, 3.05) is 5.32 Å². The van der Waals surface area contributed by atoms with E-state index in [-0.39, 0.29) is 17.1 Å². The van der Waals surface area contributed by atoms with E-state index in [1.165, 1.54) is 30.3 Å². The number of hydrogen-bond donors (Lipinski definition) is 2. The van der Waals surface area contributed by atoms with Crippen LogP contribution in [0, 0.1) is 0 Å². The van der Waals surface area contributed by atoms with E-state index in [0.717, 1.165) is 12.3 Å². The molecule has 21 heavy (non-hydrogen) atoms. The minimum Gasteiger partial charge on any atom is -0.478 e. The van der Waals surface area contributed by atoms with E-state index < -0.39 is 18.1 Å². The Hall–Kier alpha value is -2.77. The molecule has 1 aromatic carbocycles. The van der Waals surface area contributed by atoms with Gasteiger partial charge in [-0.2, -0.15) is 0 Å². The van der Waals surface area contributed by atoms with Crippen molar-refractivity contribution < 1.29 is 27.8 Å². The first kappa shape index (κ1) is 14.6. The van der Waals surface area contributed by atoms with E-state index in [9.17, 15) is 18.0 Å². The molecular weight excluding hydrogens is 289 g/mol. The number of nitrogens with zero attached hydrogens (tertiary/aromatic N) is 1. The molecule has 0 saturated heterocycles. The zero-order valence-electron chi connectivity index (χ0n) is 10.4. The summed E-state index contributed by atoms with van der Waals surface area (Å²) in [5, 5.41) is 11.4. The highest BCUT2D eigenvalue weighted by molar-refractivity contribution is 5.87. The number of carbonyl (C=O) groups is 1. The molecule has 0 bridgehead atoms. The molecule has 0 amide bonds. The van der Waals surface area contributed by atoms with Crippen LogP contribution in [0.15, 0.2) is 42.6 Å². The highest BCUT2D eigenvalue weighted by Gasteiger charge is 2.32. The van der Waals surface area contributed by atoms with Crippen LogP contribution in [0.2, 0.25) is 0 Å². The van der Waals surface area contributed by atoms with Crippen LogP contribution >= 0.6 is 0 Å². The van der Waals surface area contributed by atoms with Gasteiger partial charge in [-0.1, -0.05) is 12.1 Å². The maximum Gasteiger partial charge on any atom is 0.573 e. The first-order chi connectivity index (χ1) is 9.85. The number of hydrogen-bond acceptors (Lipinski definition) is 4. The van der Waals surface area contributed by atoms with Gasteiger partial charge in [-0.15, -0.1) is 13.2 Å². The number of halogens is 3. The zero-order valence-corrected chi connectivity index (χ0v) is 10.4. The number of nitrogens with one attached hydrogen (secondary N) is 1. The Balaban J connectivity index is 2.21. The molecular formula is C13H9F3N2O3. The smallest absolute Gasteiger partial charge is 0.478 e. The lowest BCUT2D eigenvalue weighted by Gasteiger charge is -2.14. The molecule has 5 nitrogen and oxygen atoms in total. The molecule has 0 saturated carbocycles. The van der Waals surface area contributed by atoms with Crippen LogP contribution in [0.3, 0.4) is 0 Å². The molecule has 0 unspecified atom stereocenters. The Morgan fingerprint density at radius 1 is 1.19 bits per heavy atom. The minimum absolute atomic E-state index is 0.0274. The molecule has 2 rings (SSSR count). The largest absolute Gasteiger partial charge is 0.573 e. The number of carboxylic acids is 1. The van der Waals surface area contributed by atoms with Gasteiger partial charge in [-0.25, -0.2) is 9.78 Å². The minimum atomic E-state index is -4.81. The van der Waals surface area contributed by atoms with Gasteiger partial charge in [0.25, 0.3) is 0 Å². The molecule has 1 aromatic heterocycles. The summed E-state index contributed by atoms with van der Waals surface area (Å²) in [6.07, 6.45) is -3.71. The summed E-state index contributed by atoms with van der Waals surface area (Å²) in [4.78, 5) is 14.5. The molecule has 0 aliphatic heterocycles. The van der Waals surface area contributed by atoms with Crippen LogP contribution in [0.4, 0.5) is 24.7 Å². The Morgan fingerprint density at radius 2 is 1.90 bits per heavy atom. The van der Waals surface area contributed by atoms with E-state index in [1.54, 1.807) is 0 Å². The lowest BCUT2D eigenvalue weighted by Crippen LogP contribution is -2.17. The first-order valence-corrected chi connectivity index (χ1v) is 5.66. The van der Waals surface area contributed by atoms with Crippen LogP contribution in [0.5, 0.6) is 5.75 Å². The van der Waals surface area contributed by atoms with Crippen molar-refractivity contribution in [1.29, 1.82) is 0 Å². The Morgan fingerprint density at radius 3 is 2.48 bits per heavy atom. The molecule has 0 aliphatic carbocycles. The summed E-state index contributed by atoms with van der Waals surface area (Å²) < 4.78 is 40.7. The van der Waals surface area contributed by atoms with Crippen LogP contribution in [-0.2, 0) is 0 Å². The van der Waals surface area contributed by atoms with Crippen molar-refractivity contribution >= 4 is 17.5 Å². The van der Waals surface area contributed by atoms with Gasteiger partial charge in [0.2, 0.25) is 0 Å². The summed E-state index contributed by atoms with van der Waals surface area (Å²) in [5.41, 5.74) is 0.0331. The number of aromatic carboxylic acids is 1. The number of benzene rings is 1. The third-order valence-corrected chi connectivity index (χ3v) is 2.39. The van der Waals surface area contributed by atoms with Crippen LogP contribution in [0.1, 0.15) is 10.4 Å². The summed E-state index contributed by atoms with van der Waals surface area (Å²) in [6.45, 7) is 0. The van der Waals surface area contributed by atoms with E-state index in [1.807, 2.05) is 0 Å². The standard InChI is InChI=1S/C13H9F3N2O3/c14-13(15,16)21-10-4-2-1-3-9(10)18-11-6-5-8(7-17-11)12(19)20/h1-7H,(H,17,18)(H,19,20). The molecule has 8 heteroatoms. The Kier molecular flexibility index (Phi) is 3.97. The second-order valence-corrected chi connectivity index (χ2v) is 3.91. The fraction of sp³-hybridized carbons (Fsp3) is 0.0769. The van der Waals surface area contributed by atoms with Crippen molar-refractivity contribution in [1.82, 2.24) is 4.98 Å². The Bertz CT molecular complexity index is 642. The van der Waals surface area contributed by atoms with Gasteiger partial charge in [0.05, 0.1) is 11.3 Å². The number of anilines is 2. The van der Waals surface area contributed by atoms with Gasteiger partial charge in [0.15, 0.2) is 5.75 Å². The summed E-state index contributed by atoms with van der Waals surface area (Å²) in [6, 6.07) is 8.08. The maximum absolute atomic E-state index is 12.3. The third-order valence-electron chi connectivity index (χ3n) is 2.39. The third kappa shape index (κ3) is 4.10. The van der Waals surface area contributed by atoms with E-state index in [4.69, 9.17) is 5.11 Å². The van der Waals surface area contributed by atoms with Crippen molar-refractivity contribution in [3.05, 3.63) is 48.2 Å². The topological polar surface area (TPSA) is 71.5 Å². The van der Waals surface area contributed by atoms with Crippen molar-refractivity contribution in [3.63, 3.8) is 0 Å². The fourth-order valence-electron chi connectivity index (χ4n) is 1.52. The second kappa shape index (κ2) is 5.70. The molecule has 2 aromatic rings. The lowest BCUT2D eigenvalue weighted by atomic mass is 10.2. The second-order valence-electron chi connectivity index (χ2n) is 3.91. The molecule has 110 valence electrons. The quantitative estimate of drug-likeness (QED) is 0.905. The maximum atomic E-state index is 12.3. The van der Waals surface area contributed by atoms with Crippen molar-refractivity contribution in [3.8, 4) is 5.75 Å². The average molecular weight is 298 g/mol. The summed E-state index contributed by atoms with van der Waals surface area (Å²) in [5.74, 6) is -1.36. The van der Waals surface area contributed by atoms with Gasteiger partial charge in [-0.05, 0) is 24.3 Å². The normalized spacial score (nSPS) is 11.0. The highest BCUT2D eigenvalue weighted by atomic mass is 19.4. The number of alkyl halides is 3. The molecule has 0 fully saturated rings. The van der Waals surface area contributed by atoms with Crippen LogP contribution in [-0.4, -0.2) is 22.4 Å². The average Bonchev–Trinajstić information content (AvgIpc) is 2.40. The highest BCUT2D eigenvalue weighted by Crippen LogP contribution is 2.31. The summed E-state index contributed by atoms with van der Waals surface area (Å²) in [7, 11) is 0. The van der Waals surface area contributed by atoms with Gasteiger partial charge in [-0.3, -0.25) is 0 Å². The van der Waals surface area contributed by atoms with Crippen LogP contribution in [0.25, 0.3) is 0 Å². The van der Waals surface area contributed by atoms with Crippen molar-refractivity contribution in [2.24, 2.45) is 0 Å². The zero-order chi connectivity index (χ0) is 15.5. The number of pyridine rings is 1. The van der Waals surface area contributed by atoms with E-state index in [2.05, 4.69) is 15.0 Å². The molecule has 0 radical (unpaired) electrons. The fourth-order valence-corrected chi connectivity index (χ4v) is 1.52. The predicted molar refractivity (Wildman–Crippen MR) is 67.6 cm³/mol. The number of ether oxygens (including phenoxy) is 1. The molecule has 0 aliphatic rings. The molecule has 2 N–H and O–H groups in total. The first-order valence-electron chi connectivity index (χ1n) is 5.66. The van der Waals surface area contributed by atoms with Gasteiger partial charge in [0.1, 0.15) is 5.82 Å². The number of rotatable bonds is 4. The number of para-hydroxylation sites is 2. The van der Waals surface area contributed by atoms with Crippen LogP contribution < -0.4 is 10.1 Å². The predicted octanol–water partition coefficient (Wildman–Crippen LogP) is 3.42. The number of aromatic nitrogens is 1. The molecule has 0 spiro atoms. The molecule has 1 heterocycles. The lowest BCUT2D eigenvalue weighted by molar-refractivity contribution is -0.274. The van der Waals surface area contributed by atoms with Gasteiger partial charge in [0, 0.05) is 6.20 Å². The van der Waals surface area contributed by atoms with Gasteiger partial charge < -0.3 is 15.2 Å².